The second kappa shape index (κ2) is 8.03. The molecule has 1 aliphatic heterocycles. The molecule has 4 heterocycles. The smallest absolute Gasteiger partial charge is 0.190 e. The number of nitrogens with zero attached hydrogens (tertiary/aromatic N) is 5. The summed E-state index contributed by atoms with van der Waals surface area (Å²) in [6.45, 7) is 4.63. The Morgan fingerprint density at radius 2 is 2.06 bits per heavy atom. The predicted octanol–water partition coefficient (Wildman–Crippen LogP) is 3.70. The molecule has 0 saturated carbocycles. The molecule has 7 nitrogen and oxygen atoms in total. The number of pyridine rings is 1. The average molecular weight is 454 g/mol. The lowest BCUT2D eigenvalue weighted by atomic mass is 10.1. The summed E-state index contributed by atoms with van der Waals surface area (Å²) in [6, 6.07) is 7.38. The van der Waals surface area contributed by atoms with Crippen LogP contribution in [-0.2, 0) is 12.8 Å². The molecule has 0 bridgehead atoms. The van der Waals surface area contributed by atoms with Gasteiger partial charge in [0.05, 0.1) is 5.56 Å². The molecule has 0 aliphatic carbocycles. The summed E-state index contributed by atoms with van der Waals surface area (Å²) in [6.07, 6.45) is 3.67. The molecule has 0 spiro atoms. The van der Waals surface area contributed by atoms with Crippen molar-refractivity contribution in [3.63, 3.8) is 0 Å². The molecule has 10 heteroatoms. The molecule has 164 valence electrons. The van der Waals surface area contributed by atoms with Crippen LogP contribution in [0.1, 0.15) is 22.9 Å². The predicted molar refractivity (Wildman–Crippen MR) is 120 cm³/mol. The van der Waals surface area contributed by atoms with Crippen LogP contribution in [0.3, 0.4) is 0 Å². The van der Waals surface area contributed by atoms with E-state index in [1.54, 1.807) is 17.5 Å². The van der Waals surface area contributed by atoms with E-state index < -0.39 is 11.6 Å². The van der Waals surface area contributed by atoms with Gasteiger partial charge in [0, 0.05) is 34.1 Å². The summed E-state index contributed by atoms with van der Waals surface area (Å²) >= 11 is 1.73. The number of hydrogen-bond donors (Lipinski definition) is 2. The average Bonchev–Trinajstić information content (AvgIpc) is 3.36. The minimum absolute atomic E-state index is 0.0952. The lowest BCUT2D eigenvalue weighted by Gasteiger charge is -2.10. The van der Waals surface area contributed by atoms with Gasteiger partial charge in [0.1, 0.15) is 11.5 Å². The van der Waals surface area contributed by atoms with Crippen molar-refractivity contribution in [1.82, 2.24) is 30.5 Å². The van der Waals surface area contributed by atoms with Gasteiger partial charge >= 0.3 is 0 Å². The normalized spacial score (nSPS) is 16.1. The number of hydrogen-bond acceptors (Lipinski definition) is 7. The molecule has 32 heavy (non-hydrogen) atoms. The number of anilines is 1. The first-order valence-corrected chi connectivity index (χ1v) is 11.1. The van der Waals surface area contributed by atoms with E-state index in [1.807, 2.05) is 6.07 Å². The van der Waals surface area contributed by atoms with Crippen LogP contribution >= 0.6 is 11.3 Å². The van der Waals surface area contributed by atoms with Gasteiger partial charge in [0.2, 0.25) is 0 Å². The van der Waals surface area contributed by atoms with Crippen molar-refractivity contribution < 1.29 is 8.78 Å². The fraction of sp³-hybridized carbons (Fsp3) is 0.273. The monoisotopic (exact) mass is 453 g/mol. The molecule has 0 saturated heterocycles. The Morgan fingerprint density at radius 3 is 2.91 bits per heavy atom. The fourth-order valence-corrected chi connectivity index (χ4v) is 5.11. The number of aryl methyl sites for hydroxylation is 1. The Kier molecular flexibility index (Phi) is 5.18. The molecule has 1 unspecified atom stereocenters. The number of nitrogen functional groups attached to an aromatic ring is 1. The molecule has 0 radical (unpaired) electrons. The van der Waals surface area contributed by atoms with Crippen molar-refractivity contribution in [2.75, 3.05) is 12.3 Å². The molecular formula is C22H21F2N7S. The first kappa shape index (κ1) is 20.7. The van der Waals surface area contributed by atoms with Crippen molar-refractivity contribution in [2.45, 2.75) is 32.7 Å². The molecular weight excluding hydrogens is 432 g/mol. The maximum absolute atomic E-state index is 14.6. The van der Waals surface area contributed by atoms with Crippen LogP contribution < -0.4 is 11.1 Å². The highest BCUT2D eigenvalue weighted by Gasteiger charge is 2.22. The van der Waals surface area contributed by atoms with Crippen molar-refractivity contribution in [1.29, 1.82) is 0 Å². The lowest BCUT2D eigenvalue weighted by molar-refractivity contribution is 0.495. The third kappa shape index (κ3) is 3.55. The topological polar surface area (TPSA) is 94.5 Å². The first-order valence-electron chi connectivity index (χ1n) is 10.3. The number of fused-ring (bicyclic) bond motifs is 1. The molecule has 4 aromatic rings. The van der Waals surface area contributed by atoms with Gasteiger partial charge in [-0.25, -0.2) is 13.8 Å². The summed E-state index contributed by atoms with van der Waals surface area (Å²) < 4.78 is 29.9. The largest absolute Gasteiger partial charge is 0.383 e. The summed E-state index contributed by atoms with van der Waals surface area (Å²) in [7, 11) is 0. The Hall–Kier alpha value is -3.24. The highest BCUT2D eigenvalue weighted by molar-refractivity contribution is 7.15. The van der Waals surface area contributed by atoms with Gasteiger partial charge in [-0.2, -0.15) is 4.68 Å². The highest BCUT2D eigenvalue weighted by Crippen LogP contribution is 2.36. The standard InChI is InChI=1S/C22H21F2N7S/c1-11-3-4-16(20(24)19(11)23)31-22(28-29-30-31)15-8-14(10-27-21(15)25)18-9-13-7-12(2)26-6-5-17(13)32-18/h3-4,8-10,12,26H,5-7H2,1-2H3,(H2,25,27). The van der Waals surface area contributed by atoms with E-state index in [-0.39, 0.29) is 22.9 Å². The molecule has 0 amide bonds. The van der Waals surface area contributed by atoms with Gasteiger partial charge < -0.3 is 11.1 Å². The summed E-state index contributed by atoms with van der Waals surface area (Å²) in [5, 5.41) is 15.1. The van der Waals surface area contributed by atoms with Crippen molar-refractivity contribution in [3.05, 3.63) is 58.1 Å². The van der Waals surface area contributed by atoms with Crippen molar-refractivity contribution in [2.24, 2.45) is 0 Å². The Balaban J connectivity index is 1.58. The van der Waals surface area contributed by atoms with E-state index >= 15 is 0 Å². The number of thiophene rings is 1. The van der Waals surface area contributed by atoms with Crippen molar-refractivity contribution in [3.8, 4) is 27.5 Å². The summed E-state index contributed by atoms with van der Waals surface area (Å²) in [4.78, 5) is 6.77. The molecule has 5 rings (SSSR count). The van der Waals surface area contributed by atoms with E-state index in [0.29, 0.717) is 11.6 Å². The Morgan fingerprint density at radius 1 is 1.22 bits per heavy atom. The highest BCUT2D eigenvalue weighted by atomic mass is 32.1. The molecule has 1 atom stereocenters. The maximum atomic E-state index is 14.6. The van der Waals surface area contributed by atoms with Gasteiger partial charge in [-0.05, 0) is 66.4 Å². The van der Waals surface area contributed by atoms with E-state index in [2.05, 4.69) is 38.8 Å². The minimum Gasteiger partial charge on any atom is -0.383 e. The zero-order valence-electron chi connectivity index (χ0n) is 17.6. The second-order valence-electron chi connectivity index (χ2n) is 7.97. The third-order valence-electron chi connectivity index (χ3n) is 5.66. The zero-order valence-corrected chi connectivity index (χ0v) is 18.4. The van der Waals surface area contributed by atoms with E-state index in [1.165, 1.54) is 29.5 Å². The molecule has 3 N–H and O–H groups in total. The maximum Gasteiger partial charge on any atom is 0.190 e. The van der Waals surface area contributed by atoms with E-state index in [0.717, 1.165) is 34.5 Å². The number of benzene rings is 1. The molecule has 0 fully saturated rings. The number of tetrazole rings is 1. The number of aromatic nitrogens is 5. The first-order chi connectivity index (χ1) is 15.4. The van der Waals surface area contributed by atoms with Gasteiger partial charge in [-0.3, -0.25) is 0 Å². The van der Waals surface area contributed by atoms with Crippen molar-refractivity contribution >= 4 is 17.2 Å². The zero-order chi connectivity index (χ0) is 22.4. The molecule has 3 aromatic heterocycles. The minimum atomic E-state index is -1.02. The fourth-order valence-electron chi connectivity index (χ4n) is 3.93. The number of nitrogens with one attached hydrogen (secondary N) is 1. The summed E-state index contributed by atoms with van der Waals surface area (Å²) in [5.74, 6) is -1.57. The molecule has 1 aromatic carbocycles. The van der Waals surface area contributed by atoms with Crippen LogP contribution in [0.15, 0.2) is 30.5 Å². The van der Waals surface area contributed by atoms with E-state index in [4.69, 9.17) is 5.73 Å². The Labute approximate surface area is 187 Å². The third-order valence-corrected chi connectivity index (χ3v) is 6.95. The van der Waals surface area contributed by atoms with Crippen LogP contribution in [0, 0.1) is 18.6 Å². The van der Waals surface area contributed by atoms with E-state index in [9.17, 15) is 8.78 Å². The van der Waals surface area contributed by atoms with Crippen LogP contribution in [0.2, 0.25) is 0 Å². The van der Waals surface area contributed by atoms with Crippen LogP contribution in [0.5, 0.6) is 0 Å². The number of rotatable bonds is 3. The van der Waals surface area contributed by atoms with Gasteiger partial charge in [-0.15, -0.1) is 16.4 Å². The molecule has 1 aliphatic rings. The summed E-state index contributed by atoms with van der Waals surface area (Å²) in [5.41, 5.74) is 8.91. The van der Waals surface area contributed by atoms with Gasteiger partial charge in [0.15, 0.2) is 17.5 Å². The quantitative estimate of drug-likeness (QED) is 0.491. The van der Waals surface area contributed by atoms with Gasteiger partial charge in [-0.1, -0.05) is 6.07 Å². The number of halogens is 2. The number of nitrogens with two attached hydrogens (primary N) is 1. The Bertz CT molecular complexity index is 1310. The SMILES string of the molecule is Cc1ccc(-n2nnnc2-c2cc(-c3cc4c(s3)CCNC(C)C4)cnc2N)c(F)c1F. The lowest BCUT2D eigenvalue weighted by Crippen LogP contribution is -2.27. The second-order valence-corrected chi connectivity index (χ2v) is 9.11. The van der Waals surface area contributed by atoms with Crippen LogP contribution in [-0.4, -0.2) is 37.8 Å². The van der Waals surface area contributed by atoms with Crippen LogP contribution in [0.4, 0.5) is 14.6 Å². The van der Waals surface area contributed by atoms with Crippen LogP contribution in [0.25, 0.3) is 27.5 Å². The van der Waals surface area contributed by atoms with Gasteiger partial charge in [0.25, 0.3) is 0 Å².